The third-order valence-electron chi connectivity index (χ3n) is 2.74. The number of hydrogen-bond acceptors (Lipinski definition) is 3. The summed E-state index contributed by atoms with van der Waals surface area (Å²) in [5, 5.41) is 8.68. The van der Waals surface area contributed by atoms with Crippen molar-refractivity contribution in [2.45, 2.75) is 37.9 Å². The fourth-order valence-electron chi connectivity index (χ4n) is 1.66. The zero-order chi connectivity index (χ0) is 11.3. The van der Waals surface area contributed by atoms with Crippen LogP contribution in [-0.2, 0) is 4.79 Å². The monoisotopic (exact) mass is 231 g/mol. The van der Waals surface area contributed by atoms with Crippen molar-refractivity contribution in [2.75, 3.05) is 25.4 Å². The molecule has 1 fully saturated rings. The van der Waals surface area contributed by atoms with Crippen molar-refractivity contribution >= 4 is 17.7 Å². The van der Waals surface area contributed by atoms with Crippen LogP contribution in [0.5, 0.6) is 0 Å². The summed E-state index contributed by atoms with van der Waals surface area (Å²) in [7, 11) is 0. The van der Waals surface area contributed by atoms with Gasteiger partial charge in [0.15, 0.2) is 0 Å². The Bertz CT molecular complexity index is 219. The van der Waals surface area contributed by atoms with Gasteiger partial charge < -0.3 is 10.0 Å². The number of aliphatic hydroxyl groups is 1. The van der Waals surface area contributed by atoms with Gasteiger partial charge in [0.1, 0.15) is 0 Å². The second kappa shape index (κ2) is 5.75. The Balaban J connectivity index is 2.40. The first-order valence-corrected chi connectivity index (χ1v) is 6.56. The van der Waals surface area contributed by atoms with Crippen LogP contribution in [0.25, 0.3) is 0 Å². The molecule has 15 heavy (non-hydrogen) atoms. The number of rotatable bonds is 3. The molecule has 1 aliphatic rings. The molecule has 1 rings (SSSR count). The van der Waals surface area contributed by atoms with Gasteiger partial charge in [-0.2, -0.15) is 11.8 Å². The predicted octanol–water partition coefficient (Wildman–Crippen LogP) is 1.50. The van der Waals surface area contributed by atoms with E-state index in [0.717, 1.165) is 25.3 Å². The molecule has 0 aliphatic carbocycles. The van der Waals surface area contributed by atoms with Gasteiger partial charge in [-0.1, -0.05) is 13.8 Å². The van der Waals surface area contributed by atoms with Gasteiger partial charge in [-0.05, 0) is 12.8 Å². The highest BCUT2D eigenvalue weighted by atomic mass is 32.2. The van der Waals surface area contributed by atoms with E-state index in [4.69, 9.17) is 5.11 Å². The van der Waals surface area contributed by atoms with Crippen LogP contribution in [0.2, 0.25) is 0 Å². The molecule has 0 aromatic rings. The summed E-state index contributed by atoms with van der Waals surface area (Å²) >= 11 is 1.94. The van der Waals surface area contributed by atoms with Crippen LogP contribution < -0.4 is 0 Å². The molecule has 4 heteroatoms. The van der Waals surface area contributed by atoms with Crippen molar-refractivity contribution in [2.24, 2.45) is 0 Å². The lowest BCUT2D eigenvalue weighted by atomic mass is 10.1. The first-order valence-electron chi connectivity index (χ1n) is 5.58. The number of nitrogens with zero attached hydrogens (tertiary/aromatic N) is 1. The van der Waals surface area contributed by atoms with E-state index in [1.54, 1.807) is 0 Å². The van der Waals surface area contributed by atoms with Crippen molar-refractivity contribution in [3.05, 3.63) is 0 Å². The molecule has 1 N–H and O–H groups in total. The van der Waals surface area contributed by atoms with Gasteiger partial charge in [-0.15, -0.1) is 0 Å². The molecule has 0 aromatic carbocycles. The quantitative estimate of drug-likeness (QED) is 0.800. The minimum Gasteiger partial charge on any atom is -0.396 e. The smallest absolute Gasteiger partial charge is 0.222 e. The van der Waals surface area contributed by atoms with Gasteiger partial charge in [-0.25, -0.2) is 0 Å². The Labute approximate surface area is 96.2 Å². The van der Waals surface area contributed by atoms with Crippen LogP contribution in [0, 0.1) is 0 Å². The van der Waals surface area contributed by atoms with E-state index in [-0.39, 0.29) is 12.5 Å². The molecule has 0 bridgehead atoms. The summed E-state index contributed by atoms with van der Waals surface area (Å²) in [6.07, 6.45) is 2.13. The molecule has 0 unspecified atom stereocenters. The minimum atomic E-state index is 0.111. The maximum absolute atomic E-state index is 11.7. The second-order valence-electron chi connectivity index (χ2n) is 4.57. The molecule has 0 spiro atoms. The van der Waals surface area contributed by atoms with Crippen molar-refractivity contribution in [1.82, 2.24) is 4.90 Å². The molecular weight excluding hydrogens is 210 g/mol. The van der Waals surface area contributed by atoms with Gasteiger partial charge in [0, 0.05) is 36.6 Å². The Hall–Kier alpha value is -0.220. The third-order valence-corrected chi connectivity index (χ3v) is 4.11. The number of thioether (sulfide) groups is 1. The fraction of sp³-hybridized carbons (Fsp3) is 0.909. The molecule has 0 atom stereocenters. The normalized spacial score (nSPS) is 21.1. The lowest BCUT2D eigenvalue weighted by molar-refractivity contribution is -0.131. The molecule has 0 saturated carbocycles. The Kier molecular flexibility index (Phi) is 4.93. The average molecular weight is 231 g/mol. The van der Waals surface area contributed by atoms with Crippen LogP contribution >= 0.6 is 11.8 Å². The van der Waals surface area contributed by atoms with E-state index in [2.05, 4.69) is 13.8 Å². The summed E-state index contributed by atoms with van der Waals surface area (Å²) in [4.78, 5) is 13.7. The molecule has 1 heterocycles. The Morgan fingerprint density at radius 2 is 2.20 bits per heavy atom. The van der Waals surface area contributed by atoms with Gasteiger partial charge in [0.05, 0.1) is 0 Å². The fourth-order valence-corrected chi connectivity index (χ4v) is 2.76. The topological polar surface area (TPSA) is 40.5 Å². The third kappa shape index (κ3) is 4.43. The Morgan fingerprint density at radius 1 is 1.47 bits per heavy atom. The molecule has 1 aliphatic heterocycles. The largest absolute Gasteiger partial charge is 0.396 e. The second-order valence-corrected chi connectivity index (χ2v) is 6.37. The van der Waals surface area contributed by atoms with Gasteiger partial charge >= 0.3 is 0 Å². The number of carbonyl (C=O) groups is 1. The first kappa shape index (κ1) is 12.8. The van der Waals surface area contributed by atoms with Crippen LogP contribution in [0.1, 0.15) is 33.1 Å². The van der Waals surface area contributed by atoms with Crippen molar-refractivity contribution in [3.8, 4) is 0 Å². The number of hydrogen-bond donors (Lipinski definition) is 1. The number of carbonyl (C=O) groups excluding carboxylic acids is 1. The molecule has 1 saturated heterocycles. The predicted molar refractivity (Wildman–Crippen MR) is 64.1 cm³/mol. The summed E-state index contributed by atoms with van der Waals surface area (Å²) in [5.41, 5.74) is 0. The SMILES string of the molecule is CC1(C)CCN(C(=O)CCCO)CCS1. The maximum atomic E-state index is 11.7. The standard InChI is InChI=1S/C11H21NO2S/c1-11(2)5-6-12(7-9-15-11)10(14)4-3-8-13/h13H,3-9H2,1-2H3. The van der Waals surface area contributed by atoms with Crippen molar-refractivity contribution in [1.29, 1.82) is 0 Å². The molecule has 0 radical (unpaired) electrons. The molecule has 0 aromatic heterocycles. The highest BCUT2D eigenvalue weighted by Gasteiger charge is 2.25. The zero-order valence-electron chi connectivity index (χ0n) is 9.66. The minimum absolute atomic E-state index is 0.111. The van der Waals surface area contributed by atoms with Crippen LogP contribution in [0.3, 0.4) is 0 Å². The molecule has 88 valence electrons. The average Bonchev–Trinajstić information content (AvgIpc) is 2.36. The van der Waals surface area contributed by atoms with E-state index >= 15 is 0 Å². The number of aliphatic hydroxyl groups excluding tert-OH is 1. The zero-order valence-corrected chi connectivity index (χ0v) is 10.5. The highest BCUT2D eigenvalue weighted by Crippen LogP contribution is 2.30. The number of amides is 1. The molecular formula is C11H21NO2S. The first-order chi connectivity index (χ1) is 7.05. The summed E-state index contributed by atoms with van der Waals surface area (Å²) in [6.45, 7) is 6.31. The van der Waals surface area contributed by atoms with Crippen LogP contribution in [0.15, 0.2) is 0 Å². The summed E-state index contributed by atoms with van der Waals surface area (Å²) in [5.74, 6) is 1.22. The maximum Gasteiger partial charge on any atom is 0.222 e. The summed E-state index contributed by atoms with van der Waals surface area (Å²) < 4.78 is 0.298. The van der Waals surface area contributed by atoms with E-state index in [1.165, 1.54) is 0 Å². The van der Waals surface area contributed by atoms with Crippen molar-refractivity contribution in [3.63, 3.8) is 0 Å². The lowest BCUT2D eigenvalue weighted by Crippen LogP contribution is -2.33. The summed E-state index contributed by atoms with van der Waals surface area (Å²) in [6, 6.07) is 0. The highest BCUT2D eigenvalue weighted by molar-refractivity contribution is 8.00. The van der Waals surface area contributed by atoms with Crippen LogP contribution in [0.4, 0.5) is 0 Å². The molecule has 3 nitrogen and oxygen atoms in total. The lowest BCUT2D eigenvalue weighted by Gasteiger charge is -2.22. The van der Waals surface area contributed by atoms with E-state index in [9.17, 15) is 4.79 Å². The molecule has 1 amide bonds. The van der Waals surface area contributed by atoms with Gasteiger partial charge in [0.25, 0.3) is 0 Å². The van der Waals surface area contributed by atoms with Crippen molar-refractivity contribution < 1.29 is 9.90 Å². The van der Waals surface area contributed by atoms with E-state index in [0.29, 0.717) is 17.6 Å². The van der Waals surface area contributed by atoms with E-state index in [1.807, 2.05) is 16.7 Å². The van der Waals surface area contributed by atoms with Crippen LogP contribution in [-0.4, -0.2) is 46.1 Å². The van der Waals surface area contributed by atoms with Gasteiger partial charge in [0.2, 0.25) is 5.91 Å². The van der Waals surface area contributed by atoms with Gasteiger partial charge in [-0.3, -0.25) is 4.79 Å². The van der Waals surface area contributed by atoms with E-state index < -0.39 is 0 Å². The Morgan fingerprint density at radius 3 is 2.87 bits per heavy atom.